The Balaban J connectivity index is 1.86. The van der Waals surface area contributed by atoms with Gasteiger partial charge in [-0.25, -0.2) is 4.68 Å². The first-order valence-electron chi connectivity index (χ1n) is 9.54. The van der Waals surface area contributed by atoms with Gasteiger partial charge < -0.3 is 5.32 Å². The number of Topliss-reactive ketones (excluding diaryl/α,β-unsaturated/α-hetero) is 1. The fourth-order valence-electron chi connectivity index (χ4n) is 3.90. The van der Waals surface area contributed by atoms with Gasteiger partial charge in [-0.15, -0.1) is 5.10 Å². The molecule has 0 bridgehead atoms. The zero-order chi connectivity index (χ0) is 19.0. The van der Waals surface area contributed by atoms with E-state index in [0.717, 1.165) is 35.5 Å². The predicted octanol–water partition coefficient (Wildman–Crippen LogP) is 5.33. The molecular formula is C23H25N3O. The molecule has 0 atom stereocenters. The number of carbonyl (C=O) groups is 1. The van der Waals surface area contributed by atoms with Crippen molar-refractivity contribution in [3.63, 3.8) is 0 Å². The van der Waals surface area contributed by atoms with Gasteiger partial charge in [0.05, 0.1) is 16.9 Å². The zero-order valence-corrected chi connectivity index (χ0v) is 16.1. The highest BCUT2D eigenvalue weighted by atomic mass is 16.1. The third-order valence-corrected chi connectivity index (χ3v) is 5.20. The summed E-state index contributed by atoms with van der Waals surface area (Å²) < 4.78 is 1.94. The summed E-state index contributed by atoms with van der Waals surface area (Å²) in [6.45, 7) is 6.43. The highest BCUT2D eigenvalue weighted by Crippen LogP contribution is 2.39. The second-order valence-electron chi connectivity index (χ2n) is 7.99. The lowest BCUT2D eigenvalue weighted by Gasteiger charge is -2.29. The second kappa shape index (κ2) is 6.69. The minimum atomic E-state index is -0.0603. The summed E-state index contributed by atoms with van der Waals surface area (Å²) in [6.07, 6.45) is 2.30. The molecule has 0 amide bonds. The van der Waals surface area contributed by atoms with Crippen LogP contribution in [0, 0.1) is 5.41 Å². The van der Waals surface area contributed by atoms with Crippen LogP contribution in [0.5, 0.6) is 0 Å². The number of ketones is 1. The van der Waals surface area contributed by atoms with E-state index in [0.29, 0.717) is 12.2 Å². The molecule has 0 radical (unpaired) electrons. The average molecular weight is 359 g/mol. The van der Waals surface area contributed by atoms with Gasteiger partial charge in [0.15, 0.2) is 11.6 Å². The number of carbonyl (C=O) groups excluding carboxylic acids is 1. The van der Waals surface area contributed by atoms with Gasteiger partial charge in [-0.1, -0.05) is 57.2 Å². The molecule has 0 spiro atoms. The van der Waals surface area contributed by atoms with Crippen molar-refractivity contribution in [2.75, 3.05) is 5.32 Å². The normalized spacial score (nSPS) is 15.4. The number of nitrogens with zero attached hydrogens (tertiary/aromatic N) is 2. The van der Waals surface area contributed by atoms with Gasteiger partial charge in [-0.3, -0.25) is 4.79 Å². The first-order chi connectivity index (χ1) is 13.0. The highest BCUT2D eigenvalue weighted by molar-refractivity contribution is 6.03. The summed E-state index contributed by atoms with van der Waals surface area (Å²) in [5, 5.41) is 8.28. The maximum absolute atomic E-state index is 13.0. The Hall–Kier alpha value is -2.88. The first kappa shape index (κ1) is 17.5. The van der Waals surface area contributed by atoms with E-state index in [4.69, 9.17) is 5.10 Å². The van der Waals surface area contributed by atoms with E-state index in [1.165, 1.54) is 5.56 Å². The van der Waals surface area contributed by atoms with E-state index >= 15 is 0 Å². The second-order valence-corrected chi connectivity index (χ2v) is 7.99. The topological polar surface area (TPSA) is 46.9 Å². The Labute approximate surface area is 160 Å². The van der Waals surface area contributed by atoms with Crippen molar-refractivity contribution < 1.29 is 4.79 Å². The standard InChI is InChI=1S/C23H25N3O/c1-4-16-10-8-9-13-18(16)24-22-21-19(14-23(2,3)15-20(21)27)26(25-22)17-11-6-5-7-12-17/h5-13H,4,14-15H2,1-3H3,(H,24,25). The van der Waals surface area contributed by atoms with Crippen molar-refractivity contribution >= 4 is 17.3 Å². The third-order valence-electron chi connectivity index (χ3n) is 5.20. The molecule has 1 aliphatic carbocycles. The van der Waals surface area contributed by atoms with E-state index in [-0.39, 0.29) is 11.2 Å². The van der Waals surface area contributed by atoms with Crippen molar-refractivity contribution in [2.24, 2.45) is 5.41 Å². The lowest BCUT2D eigenvalue weighted by molar-refractivity contribution is 0.0912. The number of para-hydroxylation sites is 2. The number of aromatic nitrogens is 2. The largest absolute Gasteiger partial charge is 0.338 e. The van der Waals surface area contributed by atoms with Crippen LogP contribution in [-0.2, 0) is 12.8 Å². The van der Waals surface area contributed by atoms with Crippen LogP contribution >= 0.6 is 0 Å². The van der Waals surface area contributed by atoms with Gasteiger partial charge in [-0.2, -0.15) is 0 Å². The molecule has 1 heterocycles. The van der Waals surface area contributed by atoms with Gasteiger partial charge in [0.25, 0.3) is 0 Å². The van der Waals surface area contributed by atoms with Gasteiger partial charge in [0.1, 0.15) is 0 Å². The molecule has 0 saturated carbocycles. The van der Waals surface area contributed by atoms with Crippen LogP contribution in [0.3, 0.4) is 0 Å². The van der Waals surface area contributed by atoms with Gasteiger partial charge in [-0.05, 0) is 42.0 Å². The van der Waals surface area contributed by atoms with Crippen molar-refractivity contribution in [2.45, 2.75) is 40.0 Å². The first-order valence-corrected chi connectivity index (χ1v) is 9.54. The molecule has 1 aromatic heterocycles. The van der Waals surface area contributed by atoms with Crippen molar-refractivity contribution in [3.8, 4) is 5.69 Å². The predicted molar refractivity (Wildman–Crippen MR) is 109 cm³/mol. The van der Waals surface area contributed by atoms with E-state index in [2.05, 4.69) is 32.2 Å². The minimum absolute atomic E-state index is 0.0603. The Morgan fingerprint density at radius 2 is 1.74 bits per heavy atom. The Morgan fingerprint density at radius 3 is 2.48 bits per heavy atom. The summed E-state index contributed by atoms with van der Waals surface area (Å²) in [5.74, 6) is 0.829. The monoisotopic (exact) mass is 359 g/mol. The van der Waals surface area contributed by atoms with Crippen LogP contribution in [0.15, 0.2) is 54.6 Å². The average Bonchev–Trinajstić information content (AvgIpc) is 3.00. The van der Waals surface area contributed by atoms with Crippen LogP contribution < -0.4 is 5.32 Å². The molecule has 138 valence electrons. The van der Waals surface area contributed by atoms with E-state index in [9.17, 15) is 4.79 Å². The molecule has 0 saturated heterocycles. The van der Waals surface area contributed by atoms with Crippen LogP contribution in [0.2, 0.25) is 0 Å². The molecule has 4 heteroatoms. The molecule has 0 unspecified atom stereocenters. The maximum Gasteiger partial charge on any atom is 0.169 e. The number of nitrogens with one attached hydrogen (secondary N) is 1. The molecule has 27 heavy (non-hydrogen) atoms. The number of fused-ring (bicyclic) bond motifs is 1. The van der Waals surface area contributed by atoms with Crippen LogP contribution in [0.4, 0.5) is 11.5 Å². The lowest BCUT2D eigenvalue weighted by atomic mass is 9.76. The highest BCUT2D eigenvalue weighted by Gasteiger charge is 2.37. The Kier molecular flexibility index (Phi) is 4.34. The van der Waals surface area contributed by atoms with Gasteiger partial charge >= 0.3 is 0 Å². The lowest BCUT2D eigenvalue weighted by Crippen LogP contribution is -2.28. The summed E-state index contributed by atoms with van der Waals surface area (Å²) >= 11 is 0. The molecule has 0 fully saturated rings. The molecule has 3 aromatic rings. The molecule has 0 aliphatic heterocycles. The van der Waals surface area contributed by atoms with Crippen LogP contribution in [0.25, 0.3) is 5.69 Å². The fourth-order valence-corrected chi connectivity index (χ4v) is 3.90. The van der Waals surface area contributed by atoms with Gasteiger partial charge in [0.2, 0.25) is 0 Å². The summed E-state index contributed by atoms with van der Waals surface area (Å²) in [6, 6.07) is 18.2. The van der Waals surface area contributed by atoms with E-state index < -0.39 is 0 Å². The molecule has 2 aromatic carbocycles. The number of rotatable bonds is 4. The zero-order valence-electron chi connectivity index (χ0n) is 16.1. The molecule has 1 aliphatic rings. The Bertz CT molecular complexity index is 986. The summed E-state index contributed by atoms with van der Waals surface area (Å²) in [7, 11) is 0. The van der Waals surface area contributed by atoms with Crippen LogP contribution in [0.1, 0.15) is 48.8 Å². The number of hydrogen-bond donors (Lipinski definition) is 1. The Morgan fingerprint density at radius 1 is 1.04 bits per heavy atom. The summed E-state index contributed by atoms with van der Waals surface area (Å²) in [5.41, 5.74) is 4.89. The molecular weight excluding hydrogens is 334 g/mol. The van der Waals surface area contributed by atoms with Crippen molar-refractivity contribution in [3.05, 3.63) is 71.4 Å². The quantitative estimate of drug-likeness (QED) is 0.684. The minimum Gasteiger partial charge on any atom is -0.338 e. The van der Waals surface area contributed by atoms with Crippen LogP contribution in [-0.4, -0.2) is 15.6 Å². The summed E-state index contributed by atoms with van der Waals surface area (Å²) in [4.78, 5) is 13.0. The van der Waals surface area contributed by atoms with Gasteiger partial charge in [0, 0.05) is 12.1 Å². The number of hydrogen-bond acceptors (Lipinski definition) is 3. The third kappa shape index (κ3) is 3.27. The van der Waals surface area contributed by atoms with Crippen molar-refractivity contribution in [1.82, 2.24) is 9.78 Å². The molecule has 1 N–H and O–H groups in total. The molecule has 4 nitrogen and oxygen atoms in total. The number of benzene rings is 2. The fraction of sp³-hybridized carbons (Fsp3) is 0.304. The van der Waals surface area contributed by atoms with Crippen molar-refractivity contribution in [1.29, 1.82) is 0 Å². The SMILES string of the molecule is CCc1ccccc1Nc1nn(-c2ccccc2)c2c1C(=O)CC(C)(C)C2. The molecule has 4 rings (SSSR count). The van der Waals surface area contributed by atoms with E-state index in [1.54, 1.807) is 0 Å². The number of anilines is 2. The van der Waals surface area contributed by atoms with E-state index in [1.807, 2.05) is 53.2 Å². The smallest absolute Gasteiger partial charge is 0.169 e. The number of aryl methyl sites for hydroxylation is 1. The maximum atomic E-state index is 13.0.